The number of carbonyl (C=O) groups excluding carboxylic acids is 1. The molecule has 0 fully saturated rings. The monoisotopic (exact) mass is 455 g/mol. The summed E-state index contributed by atoms with van der Waals surface area (Å²) in [6.45, 7) is 12.2. The van der Waals surface area contributed by atoms with Gasteiger partial charge in [0.25, 0.3) is 0 Å². The highest BCUT2D eigenvalue weighted by Gasteiger charge is 2.23. The van der Waals surface area contributed by atoms with Gasteiger partial charge in [0.1, 0.15) is 17.1 Å². The number of nitrogens with zero attached hydrogens (tertiary/aromatic N) is 1. The molecule has 34 heavy (non-hydrogen) atoms. The van der Waals surface area contributed by atoms with Crippen molar-refractivity contribution in [3.63, 3.8) is 0 Å². The SMILES string of the molecule is CCN(CC)CCCOc1ccc(-c2oc3ccccc3c2C(=O)c2cc(C)cc(C)c2)cc1. The second kappa shape index (κ2) is 10.7. The molecule has 176 valence electrons. The van der Waals surface area contributed by atoms with Crippen LogP contribution in [-0.4, -0.2) is 36.9 Å². The molecular weight excluding hydrogens is 422 g/mol. The van der Waals surface area contributed by atoms with Crippen molar-refractivity contribution < 1.29 is 13.9 Å². The number of furan rings is 1. The van der Waals surface area contributed by atoms with E-state index in [1.807, 2.05) is 74.5 Å². The highest BCUT2D eigenvalue weighted by Crippen LogP contribution is 2.36. The fourth-order valence-corrected chi connectivity index (χ4v) is 4.44. The van der Waals surface area contributed by atoms with Gasteiger partial charge in [-0.2, -0.15) is 0 Å². The van der Waals surface area contributed by atoms with Gasteiger partial charge in [0, 0.05) is 23.1 Å². The Balaban J connectivity index is 1.60. The molecule has 4 heteroatoms. The van der Waals surface area contributed by atoms with Gasteiger partial charge in [0.15, 0.2) is 5.78 Å². The van der Waals surface area contributed by atoms with Gasteiger partial charge in [-0.3, -0.25) is 4.79 Å². The van der Waals surface area contributed by atoms with E-state index in [1.54, 1.807) is 0 Å². The lowest BCUT2D eigenvalue weighted by Crippen LogP contribution is -2.25. The Labute approximate surface area is 202 Å². The van der Waals surface area contributed by atoms with Gasteiger partial charge in [-0.05, 0) is 75.8 Å². The molecule has 4 rings (SSSR count). The van der Waals surface area contributed by atoms with Crippen LogP contribution >= 0.6 is 0 Å². The molecule has 4 nitrogen and oxygen atoms in total. The zero-order valence-electron chi connectivity index (χ0n) is 20.6. The summed E-state index contributed by atoms with van der Waals surface area (Å²) in [4.78, 5) is 16.1. The Morgan fingerprint density at radius 3 is 2.26 bits per heavy atom. The number of hydrogen-bond acceptors (Lipinski definition) is 4. The summed E-state index contributed by atoms with van der Waals surface area (Å²) in [5, 5.41) is 0.832. The van der Waals surface area contributed by atoms with Gasteiger partial charge in [-0.25, -0.2) is 0 Å². The lowest BCUT2D eigenvalue weighted by Gasteiger charge is -2.17. The third kappa shape index (κ3) is 5.23. The summed E-state index contributed by atoms with van der Waals surface area (Å²) in [7, 11) is 0. The summed E-state index contributed by atoms with van der Waals surface area (Å²) in [6.07, 6.45) is 0.988. The lowest BCUT2D eigenvalue weighted by atomic mass is 9.95. The van der Waals surface area contributed by atoms with E-state index in [0.29, 0.717) is 29.1 Å². The van der Waals surface area contributed by atoms with Gasteiger partial charge in [-0.15, -0.1) is 0 Å². The van der Waals surface area contributed by atoms with E-state index in [1.165, 1.54) is 0 Å². The Kier molecular flexibility index (Phi) is 7.49. The molecule has 3 aromatic carbocycles. The van der Waals surface area contributed by atoms with Crippen molar-refractivity contribution in [2.24, 2.45) is 0 Å². The molecule has 0 N–H and O–H groups in total. The normalized spacial score (nSPS) is 11.3. The zero-order valence-corrected chi connectivity index (χ0v) is 20.6. The van der Waals surface area contributed by atoms with Crippen molar-refractivity contribution in [3.05, 3.63) is 89.0 Å². The molecule has 0 aliphatic rings. The van der Waals surface area contributed by atoms with Crippen LogP contribution in [0.4, 0.5) is 0 Å². The number of hydrogen-bond donors (Lipinski definition) is 0. The van der Waals surface area contributed by atoms with Crippen LogP contribution in [0.3, 0.4) is 0 Å². The number of ether oxygens (including phenoxy) is 1. The van der Waals surface area contributed by atoms with Gasteiger partial charge in [-0.1, -0.05) is 49.2 Å². The van der Waals surface area contributed by atoms with Gasteiger partial charge in [0.2, 0.25) is 0 Å². The summed E-state index contributed by atoms with van der Waals surface area (Å²) in [5.41, 5.74) is 4.99. The van der Waals surface area contributed by atoms with Crippen molar-refractivity contribution in [1.29, 1.82) is 0 Å². The molecule has 1 heterocycles. The standard InChI is InChI=1S/C30H33NO3/c1-5-31(6-2)16-9-17-33-25-14-12-23(13-15-25)30-28(26-10-7-8-11-27(26)34-30)29(32)24-19-21(3)18-22(4)20-24/h7-8,10-15,18-20H,5-6,9,16-17H2,1-4H3. The van der Waals surface area contributed by atoms with Crippen LogP contribution in [0.2, 0.25) is 0 Å². The number of rotatable bonds is 10. The van der Waals surface area contributed by atoms with E-state index in [-0.39, 0.29) is 5.78 Å². The Morgan fingerprint density at radius 2 is 1.59 bits per heavy atom. The summed E-state index contributed by atoms with van der Waals surface area (Å²) in [5.74, 6) is 1.39. The van der Waals surface area contributed by atoms with Crippen LogP contribution < -0.4 is 4.74 Å². The molecule has 0 radical (unpaired) electrons. The first-order valence-electron chi connectivity index (χ1n) is 12.1. The number of carbonyl (C=O) groups is 1. The predicted molar refractivity (Wildman–Crippen MR) is 139 cm³/mol. The molecule has 0 saturated heterocycles. The molecule has 0 atom stereocenters. The van der Waals surface area contributed by atoms with E-state index >= 15 is 0 Å². The van der Waals surface area contributed by atoms with Gasteiger partial charge < -0.3 is 14.1 Å². The maximum absolute atomic E-state index is 13.7. The largest absolute Gasteiger partial charge is 0.494 e. The quantitative estimate of drug-likeness (QED) is 0.190. The third-order valence-corrected chi connectivity index (χ3v) is 6.20. The van der Waals surface area contributed by atoms with Crippen molar-refractivity contribution in [3.8, 4) is 17.1 Å². The minimum Gasteiger partial charge on any atom is -0.494 e. The molecule has 0 amide bonds. The second-order valence-electron chi connectivity index (χ2n) is 8.76. The Hall–Kier alpha value is -3.37. The average Bonchev–Trinajstić information content (AvgIpc) is 3.23. The van der Waals surface area contributed by atoms with Crippen LogP contribution in [0, 0.1) is 13.8 Å². The first kappa shape index (κ1) is 23.8. The summed E-state index contributed by atoms with van der Waals surface area (Å²) < 4.78 is 12.2. The molecule has 0 bridgehead atoms. The number of fused-ring (bicyclic) bond motifs is 1. The van der Waals surface area contributed by atoms with Crippen molar-refractivity contribution in [2.75, 3.05) is 26.2 Å². The number of ketones is 1. The first-order chi connectivity index (χ1) is 16.5. The molecule has 0 saturated carbocycles. The molecule has 4 aromatic rings. The van der Waals surface area contributed by atoms with Crippen molar-refractivity contribution >= 4 is 16.8 Å². The minimum absolute atomic E-state index is 0.0246. The third-order valence-electron chi connectivity index (χ3n) is 6.20. The lowest BCUT2D eigenvalue weighted by molar-refractivity contribution is 0.104. The predicted octanol–water partition coefficient (Wildman–Crippen LogP) is 7.06. The first-order valence-corrected chi connectivity index (χ1v) is 12.1. The maximum Gasteiger partial charge on any atom is 0.197 e. The van der Waals surface area contributed by atoms with E-state index in [0.717, 1.165) is 53.9 Å². The van der Waals surface area contributed by atoms with Gasteiger partial charge >= 0.3 is 0 Å². The fourth-order valence-electron chi connectivity index (χ4n) is 4.44. The Morgan fingerprint density at radius 1 is 0.912 bits per heavy atom. The molecule has 0 unspecified atom stereocenters. The van der Waals surface area contributed by atoms with E-state index < -0.39 is 0 Å². The molecule has 0 spiro atoms. The summed E-state index contributed by atoms with van der Waals surface area (Å²) >= 11 is 0. The number of benzene rings is 3. The van der Waals surface area contributed by atoms with Crippen molar-refractivity contribution in [2.45, 2.75) is 34.1 Å². The fraction of sp³-hybridized carbons (Fsp3) is 0.300. The number of para-hydroxylation sites is 1. The zero-order chi connectivity index (χ0) is 24.1. The molecule has 1 aromatic heterocycles. The average molecular weight is 456 g/mol. The smallest absolute Gasteiger partial charge is 0.197 e. The van der Waals surface area contributed by atoms with E-state index in [4.69, 9.17) is 9.15 Å². The van der Waals surface area contributed by atoms with E-state index in [2.05, 4.69) is 24.8 Å². The van der Waals surface area contributed by atoms with Crippen LogP contribution in [0.1, 0.15) is 47.3 Å². The topological polar surface area (TPSA) is 42.7 Å². The van der Waals surface area contributed by atoms with Gasteiger partial charge in [0.05, 0.1) is 12.2 Å². The minimum atomic E-state index is -0.0246. The van der Waals surface area contributed by atoms with Crippen LogP contribution in [-0.2, 0) is 0 Å². The molecule has 0 aliphatic heterocycles. The molecular formula is C30H33NO3. The van der Waals surface area contributed by atoms with E-state index in [9.17, 15) is 4.79 Å². The highest BCUT2D eigenvalue weighted by molar-refractivity contribution is 6.19. The summed E-state index contributed by atoms with van der Waals surface area (Å²) in [6, 6.07) is 21.5. The second-order valence-corrected chi connectivity index (χ2v) is 8.76. The molecule has 0 aliphatic carbocycles. The highest BCUT2D eigenvalue weighted by atomic mass is 16.5. The van der Waals surface area contributed by atoms with Crippen LogP contribution in [0.25, 0.3) is 22.3 Å². The van der Waals surface area contributed by atoms with Crippen LogP contribution in [0.5, 0.6) is 5.75 Å². The van der Waals surface area contributed by atoms with Crippen molar-refractivity contribution in [1.82, 2.24) is 4.90 Å². The number of aryl methyl sites for hydroxylation is 2. The maximum atomic E-state index is 13.7. The van der Waals surface area contributed by atoms with Crippen LogP contribution in [0.15, 0.2) is 71.1 Å². The Bertz CT molecular complexity index is 1250.